The number of pyridine rings is 3. The molecule has 5 aliphatic heterocycles. The molecule has 0 radical (unpaired) electrons. The average molecular weight is 1750 g/mol. The van der Waals surface area contributed by atoms with Gasteiger partial charge in [-0.05, 0) is 206 Å². The molecule has 5 amide bonds. The van der Waals surface area contributed by atoms with Crippen molar-refractivity contribution in [1.82, 2.24) is 19.9 Å². The molecule has 3 aliphatic carbocycles. The molecule has 5 N–H and O–H groups in total. The second kappa shape index (κ2) is 38.1. The molecule has 0 spiro atoms. The number of carbonyl (C=O) groups is 10. The van der Waals surface area contributed by atoms with Crippen molar-refractivity contribution < 1.29 is 73.5 Å². The zero-order chi connectivity index (χ0) is 86.4. The Hall–Kier alpha value is -11.1. The van der Waals surface area contributed by atoms with Crippen LogP contribution in [0, 0.1) is 38.5 Å². The highest BCUT2D eigenvalue weighted by Gasteiger charge is 2.51. The normalized spacial score (nSPS) is 20.6. The summed E-state index contributed by atoms with van der Waals surface area (Å²) in [6, 6.07) is 32.8. The molecule has 3 saturated carbocycles. The van der Waals surface area contributed by atoms with Crippen molar-refractivity contribution in [3.63, 3.8) is 0 Å². The number of aliphatic hydroxyl groups is 5. The smallest absolute Gasteiger partial charge is 0.296 e. The van der Waals surface area contributed by atoms with Gasteiger partial charge < -0.3 is 25.5 Å². The molecule has 10 heterocycles. The molecule has 5 aromatic heterocycles. The first kappa shape index (κ1) is 88.2. The number of aromatic nitrogens is 4. The molecule has 8 aromatic rings. The molecular formula is C92H97BrClN9O15S2. The van der Waals surface area contributed by atoms with E-state index in [1.54, 1.807) is 35.6 Å². The molecule has 5 atom stereocenters. The van der Waals surface area contributed by atoms with Gasteiger partial charge in [-0.1, -0.05) is 165 Å². The molecule has 626 valence electrons. The van der Waals surface area contributed by atoms with Crippen LogP contribution in [0.25, 0.3) is 10.2 Å². The maximum atomic E-state index is 12.9. The van der Waals surface area contributed by atoms with Crippen molar-refractivity contribution in [2.24, 2.45) is 17.8 Å². The Balaban J connectivity index is 0.000000138. The fourth-order valence-electron chi connectivity index (χ4n) is 17.4. The summed E-state index contributed by atoms with van der Waals surface area (Å²) in [6.45, 7) is 17.0. The highest BCUT2D eigenvalue weighted by Crippen LogP contribution is 2.48. The van der Waals surface area contributed by atoms with Crippen LogP contribution in [0.5, 0.6) is 0 Å². The summed E-state index contributed by atoms with van der Waals surface area (Å²) in [5.41, 5.74) is 6.79. The summed E-state index contributed by atoms with van der Waals surface area (Å²) in [5.74, 6) is -4.46. The second-order valence-electron chi connectivity index (χ2n) is 31.7. The monoisotopic (exact) mass is 1750 g/mol. The van der Waals surface area contributed by atoms with Crippen LogP contribution in [0.3, 0.4) is 0 Å². The zero-order valence-electron chi connectivity index (χ0n) is 68.5. The number of halogens is 2. The van der Waals surface area contributed by atoms with Crippen molar-refractivity contribution in [3.8, 4) is 0 Å². The van der Waals surface area contributed by atoms with E-state index in [0.29, 0.717) is 39.0 Å². The van der Waals surface area contributed by atoms with E-state index >= 15 is 0 Å². The number of Topliss-reactive ketones (excluding diaryl/α,β-unsaturated/α-hetero) is 5. The molecule has 3 aromatic carbocycles. The quantitative estimate of drug-likeness (QED) is 0.0600. The van der Waals surface area contributed by atoms with Crippen LogP contribution in [0.1, 0.15) is 195 Å². The number of benzene rings is 3. The molecule has 0 bridgehead atoms. The van der Waals surface area contributed by atoms with Gasteiger partial charge in [-0.15, -0.1) is 11.3 Å². The van der Waals surface area contributed by atoms with Crippen LogP contribution in [0.4, 0.5) is 27.5 Å². The van der Waals surface area contributed by atoms with Gasteiger partial charge in [0, 0.05) is 27.9 Å². The van der Waals surface area contributed by atoms with E-state index in [1.165, 1.54) is 95.9 Å². The number of amides is 5. The van der Waals surface area contributed by atoms with Gasteiger partial charge in [0.2, 0.25) is 0 Å². The average Bonchev–Trinajstić information content (AvgIpc) is 1.61. The van der Waals surface area contributed by atoms with Crippen LogP contribution in [0.2, 0.25) is 5.02 Å². The molecule has 120 heavy (non-hydrogen) atoms. The Morgan fingerprint density at radius 3 is 1.36 bits per heavy atom. The molecule has 16 rings (SSSR count). The Morgan fingerprint density at radius 1 is 0.450 bits per heavy atom. The number of thiophene rings is 1. The van der Waals surface area contributed by atoms with Crippen LogP contribution in [-0.2, 0) is 47.9 Å². The zero-order valence-corrected chi connectivity index (χ0v) is 72.5. The van der Waals surface area contributed by atoms with E-state index in [9.17, 15) is 73.5 Å². The fraction of sp³-hybridized carbons (Fsp3) is 0.370. The first-order valence-corrected chi connectivity index (χ1v) is 43.2. The SMILES string of the molecule is CC(=O)C1=C(O)C(=O)N(c2cc(C)ccn2)C1C1CCCCC1.CC(=O)C1=C(O)C(=O)N(c2ccc(C)cn2)C1c1ccc(Br)cc1.CC(=O)C1=C(O)C(=O)N(c2ccc(C)s2)C1C1CCCCC1.CC(=O)C1=C(O)C(=O)N(c2cnccc2Cl)C1C1CCCCC1.CC(=O)C1=C(O)C(=O)N(c2nc3ccccc3s2)C1c1ccc(C(C)C)cc1. The molecule has 8 aliphatic rings. The summed E-state index contributed by atoms with van der Waals surface area (Å²) >= 11 is 12.5. The number of aryl methyl sites for hydroxylation is 3. The highest BCUT2D eigenvalue weighted by atomic mass is 79.9. The lowest BCUT2D eigenvalue weighted by molar-refractivity contribution is -0.118. The van der Waals surface area contributed by atoms with Gasteiger partial charge in [0.1, 0.15) is 11.6 Å². The summed E-state index contributed by atoms with van der Waals surface area (Å²) in [4.78, 5) is 149. The minimum absolute atomic E-state index is 0.0877. The Labute approximate surface area is 717 Å². The first-order valence-electron chi connectivity index (χ1n) is 40.4. The van der Waals surface area contributed by atoms with Crippen molar-refractivity contribution in [2.75, 3.05) is 24.5 Å². The number of fused-ring (bicyclic) bond motifs is 1. The Kier molecular flexibility index (Phi) is 28.0. The summed E-state index contributed by atoms with van der Waals surface area (Å²) in [6.07, 6.45) is 22.3. The molecule has 5 unspecified atom stereocenters. The third-order valence-electron chi connectivity index (χ3n) is 23.2. The van der Waals surface area contributed by atoms with Crippen LogP contribution >= 0.6 is 50.2 Å². The van der Waals surface area contributed by atoms with Crippen LogP contribution in [-0.4, -0.2) is 122 Å². The predicted molar refractivity (Wildman–Crippen MR) is 466 cm³/mol. The highest BCUT2D eigenvalue weighted by molar-refractivity contribution is 9.10. The number of rotatable bonds is 16. The number of nitrogens with zero attached hydrogens (tertiary/aromatic N) is 9. The van der Waals surface area contributed by atoms with Crippen molar-refractivity contribution in [2.45, 2.75) is 202 Å². The lowest BCUT2D eigenvalue weighted by atomic mass is 9.80. The second-order valence-corrected chi connectivity index (χ2v) is 35.3. The Morgan fingerprint density at radius 2 is 0.900 bits per heavy atom. The van der Waals surface area contributed by atoms with Gasteiger partial charge in [0.15, 0.2) is 62.8 Å². The predicted octanol–water partition coefficient (Wildman–Crippen LogP) is 18.8. The number of carbonyl (C=O) groups excluding carboxylic acids is 10. The van der Waals surface area contributed by atoms with Gasteiger partial charge in [0.05, 0.1) is 90.2 Å². The van der Waals surface area contributed by atoms with Crippen LogP contribution in [0.15, 0.2) is 201 Å². The summed E-state index contributed by atoms with van der Waals surface area (Å²) < 4.78 is 1.82. The number of para-hydroxylation sites is 1. The number of anilines is 5. The topological polar surface area (TPSA) is 340 Å². The van der Waals surface area contributed by atoms with E-state index in [4.69, 9.17) is 11.6 Å². The summed E-state index contributed by atoms with van der Waals surface area (Å²) in [7, 11) is 0. The van der Waals surface area contributed by atoms with Crippen molar-refractivity contribution in [3.05, 3.63) is 239 Å². The minimum atomic E-state index is -0.696. The van der Waals surface area contributed by atoms with E-state index in [-0.39, 0.29) is 80.8 Å². The van der Waals surface area contributed by atoms with Gasteiger partial charge in [0.25, 0.3) is 29.5 Å². The third-order valence-corrected chi connectivity index (χ3v) is 26.1. The van der Waals surface area contributed by atoms with Crippen LogP contribution < -0.4 is 24.5 Å². The number of hydrogen-bond donors (Lipinski definition) is 5. The van der Waals surface area contributed by atoms with E-state index in [0.717, 1.165) is 136 Å². The molecule has 28 heteroatoms. The fourth-order valence-corrected chi connectivity index (χ4v) is 19.8. The first-order chi connectivity index (χ1) is 57.3. The largest absolute Gasteiger partial charge is 0.503 e. The molecule has 24 nitrogen and oxygen atoms in total. The van der Waals surface area contributed by atoms with E-state index in [1.807, 2.05) is 124 Å². The Bertz CT molecular complexity index is 5470. The minimum Gasteiger partial charge on any atom is -0.503 e. The number of thiazole rings is 1. The third kappa shape index (κ3) is 18.3. The van der Waals surface area contributed by atoms with Crippen molar-refractivity contribution in [1.29, 1.82) is 0 Å². The number of ketones is 5. The maximum Gasteiger partial charge on any atom is 0.296 e. The molecular weight excluding hydrogens is 1650 g/mol. The van der Waals surface area contributed by atoms with Gasteiger partial charge in [-0.2, -0.15) is 0 Å². The van der Waals surface area contributed by atoms with Gasteiger partial charge in [-0.25, -0.2) is 15.0 Å². The number of aliphatic hydroxyl groups excluding tert-OH is 5. The lowest BCUT2D eigenvalue weighted by Gasteiger charge is -2.35. The standard InChI is InChI=1S/C22H20N2O3S.C18H15BrN2O3.C18H22N2O3.C17H19ClN2O3.C17H21NO3S/c1-12(2)14-8-10-15(11-9-14)19-18(13(3)25)20(26)21(27)24(19)22-23-16-6-4-5-7-17(16)28-22;1-10-3-8-14(20-9-10)21-16(12-4-6-13(19)7-5-12)15(11(2)22)17(23)18(21)24;1-11-8-9-19-14(10-11)20-16(13-6-4-3-5-7-13)15(12(2)21)17(22)18(20)23;1-10(21)14-15(11-5-3-2-4-6-11)20(17(23)16(14)22)13-9-19-8-7-12(13)18;1-10-8-9-13(22-10)18-15(12-6-4-3-5-7-12)14(11(2)19)16(20)17(18)21/h4-12,19,26H,1-3H3;3-9,16,23H,1-2H3;8-10,13,16,22H,3-7H2,1-2H3;7-9,11,15,22H,2-6H2,1H3;8-9,12,15,20H,3-7H2,1-2H3. The summed E-state index contributed by atoms with van der Waals surface area (Å²) in [5, 5.41) is 53.1. The maximum absolute atomic E-state index is 12.9. The molecule has 0 saturated heterocycles. The van der Waals surface area contributed by atoms with Gasteiger partial charge in [-0.3, -0.25) is 77.4 Å². The van der Waals surface area contributed by atoms with Gasteiger partial charge >= 0.3 is 0 Å². The molecule has 3 fully saturated rings. The van der Waals surface area contributed by atoms with E-state index < -0.39 is 76.7 Å². The van der Waals surface area contributed by atoms with Crippen molar-refractivity contribution >= 4 is 146 Å². The lowest BCUT2D eigenvalue weighted by Crippen LogP contribution is -2.43. The van der Waals surface area contributed by atoms with E-state index in [2.05, 4.69) is 49.7 Å². The number of hydrogen-bond acceptors (Lipinski definition) is 21.